The van der Waals surface area contributed by atoms with Gasteiger partial charge in [-0.1, -0.05) is 67.1 Å². The average Bonchev–Trinajstić information content (AvgIpc) is 3.61. The minimum atomic E-state index is -0.377. The molecule has 0 saturated heterocycles. The van der Waals surface area contributed by atoms with E-state index in [1.165, 1.54) is 10.7 Å². The van der Waals surface area contributed by atoms with Crippen LogP contribution in [-0.2, 0) is 0 Å². The zero-order valence-corrected chi connectivity index (χ0v) is 22.2. The van der Waals surface area contributed by atoms with E-state index in [-0.39, 0.29) is 22.9 Å². The monoisotopic (exact) mass is 526 g/mol. The van der Waals surface area contributed by atoms with Crippen LogP contribution in [0.25, 0.3) is 0 Å². The minimum absolute atomic E-state index is 0.183. The Bertz CT molecular complexity index is 1140. The number of hydrogen-bond acceptors (Lipinski definition) is 6. The molecule has 3 aromatic rings. The number of carbonyl (C=O) groups excluding carboxylic acids is 3. The molecule has 0 fully saturated rings. The van der Waals surface area contributed by atoms with E-state index < -0.39 is 0 Å². The third-order valence-electron chi connectivity index (χ3n) is 5.05. The Morgan fingerprint density at radius 1 is 1.08 bits per heavy atom. The van der Waals surface area contributed by atoms with Gasteiger partial charge < -0.3 is 15.5 Å². The highest BCUT2D eigenvalue weighted by atomic mass is 35.5. The van der Waals surface area contributed by atoms with Gasteiger partial charge in [-0.05, 0) is 25.1 Å². The standard InChI is InChI=1S/C16H15ClN2O3S.C6H6.C5H10N2/c1-3-19(2)16(22)14-10(9-20)5-4-6-11(14)18-15(21)12-7-8-13(17)23-12;1-2-4-6-5-3-1;1-2-5-6-3-4-7-5/h4-9H,3H2,1-2H3,(H,18,21);1-6H;2-4H2,1H3,(H,6,7). The summed E-state index contributed by atoms with van der Waals surface area (Å²) in [7, 11) is 1.63. The maximum absolute atomic E-state index is 12.5. The second-order valence-electron chi connectivity index (χ2n) is 7.53. The molecule has 0 bridgehead atoms. The van der Waals surface area contributed by atoms with Crippen molar-refractivity contribution in [2.24, 2.45) is 4.99 Å². The van der Waals surface area contributed by atoms with Gasteiger partial charge in [-0.15, -0.1) is 11.3 Å². The quantitative estimate of drug-likeness (QED) is 0.406. The van der Waals surface area contributed by atoms with Crippen LogP contribution in [-0.4, -0.2) is 55.5 Å². The summed E-state index contributed by atoms with van der Waals surface area (Å²) in [5.41, 5.74) is 0.717. The third-order valence-corrected chi connectivity index (χ3v) is 6.28. The molecular formula is C27H31ClN4O3S. The predicted octanol–water partition coefficient (Wildman–Crippen LogP) is 5.64. The summed E-state index contributed by atoms with van der Waals surface area (Å²) in [5, 5.41) is 5.84. The number of amides is 2. The first-order valence-corrected chi connectivity index (χ1v) is 12.8. The lowest BCUT2D eigenvalue weighted by molar-refractivity contribution is 0.0800. The summed E-state index contributed by atoms with van der Waals surface area (Å²) in [5.74, 6) is 0.466. The lowest BCUT2D eigenvalue weighted by atomic mass is 10.0. The topological polar surface area (TPSA) is 90.9 Å². The van der Waals surface area contributed by atoms with Crippen LogP contribution in [0.15, 0.2) is 71.7 Å². The fraction of sp³-hybridized carbons (Fsp3) is 0.259. The molecule has 0 aliphatic carbocycles. The van der Waals surface area contributed by atoms with Crippen LogP contribution in [0.4, 0.5) is 5.69 Å². The van der Waals surface area contributed by atoms with Crippen LogP contribution in [0.1, 0.15) is 50.7 Å². The van der Waals surface area contributed by atoms with Crippen LogP contribution in [0.2, 0.25) is 4.34 Å². The summed E-state index contributed by atoms with van der Waals surface area (Å²) in [6.07, 6.45) is 1.66. The van der Waals surface area contributed by atoms with Crippen LogP contribution >= 0.6 is 22.9 Å². The van der Waals surface area contributed by atoms with Gasteiger partial charge in [0, 0.05) is 32.1 Å². The van der Waals surface area contributed by atoms with Gasteiger partial charge in [0.15, 0.2) is 6.29 Å². The van der Waals surface area contributed by atoms with Gasteiger partial charge in [0.2, 0.25) is 0 Å². The van der Waals surface area contributed by atoms with Gasteiger partial charge in [-0.2, -0.15) is 0 Å². The van der Waals surface area contributed by atoms with Crippen molar-refractivity contribution in [3.05, 3.63) is 87.1 Å². The average molecular weight is 527 g/mol. The molecule has 2 amide bonds. The van der Waals surface area contributed by atoms with E-state index >= 15 is 0 Å². The Hall–Kier alpha value is -3.49. The molecule has 1 aromatic heterocycles. The predicted molar refractivity (Wildman–Crippen MR) is 149 cm³/mol. The Morgan fingerprint density at radius 2 is 1.75 bits per heavy atom. The lowest BCUT2D eigenvalue weighted by Crippen LogP contribution is -2.28. The first-order chi connectivity index (χ1) is 17.4. The fourth-order valence-corrected chi connectivity index (χ4v) is 3.97. The Morgan fingerprint density at radius 3 is 2.19 bits per heavy atom. The molecule has 36 heavy (non-hydrogen) atoms. The van der Waals surface area contributed by atoms with Gasteiger partial charge in [0.05, 0.1) is 32.8 Å². The molecule has 4 rings (SSSR count). The highest BCUT2D eigenvalue weighted by Gasteiger charge is 2.21. The van der Waals surface area contributed by atoms with Gasteiger partial charge in [-0.3, -0.25) is 19.4 Å². The fourth-order valence-electron chi connectivity index (χ4n) is 3.03. The van der Waals surface area contributed by atoms with Gasteiger partial charge in [0.25, 0.3) is 11.8 Å². The number of hydrogen-bond donors (Lipinski definition) is 2. The third kappa shape index (κ3) is 8.94. The molecule has 9 heteroatoms. The van der Waals surface area contributed by atoms with E-state index in [1.807, 2.05) is 43.3 Å². The zero-order valence-electron chi connectivity index (χ0n) is 20.7. The number of nitrogens with one attached hydrogen (secondary N) is 2. The summed E-state index contributed by atoms with van der Waals surface area (Å²) in [6.45, 7) is 6.44. The number of aldehydes is 1. The van der Waals surface area contributed by atoms with Crippen LogP contribution in [0.3, 0.4) is 0 Å². The maximum Gasteiger partial charge on any atom is 0.265 e. The van der Waals surface area contributed by atoms with Crippen molar-refractivity contribution in [1.82, 2.24) is 10.2 Å². The first kappa shape index (κ1) is 28.7. The van der Waals surface area contributed by atoms with E-state index in [4.69, 9.17) is 11.6 Å². The largest absolute Gasteiger partial charge is 0.372 e. The molecule has 2 aromatic carbocycles. The summed E-state index contributed by atoms with van der Waals surface area (Å²) >= 11 is 6.97. The van der Waals surface area contributed by atoms with Gasteiger partial charge in [0.1, 0.15) is 0 Å². The summed E-state index contributed by atoms with van der Waals surface area (Å²) < 4.78 is 0.499. The molecule has 0 saturated carbocycles. The molecule has 0 radical (unpaired) electrons. The molecule has 0 spiro atoms. The van der Waals surface area contributed by atoms with Crippen molar-refractivity contribution in [3.8, 4) is 0 Å². The van der Waals surface area contributed by atoms with E-state index in [9.17, 15) is 14.4 Å². The van der Waals surface area contributed by atoms with Gasteiger partial charge >= 0.3 is 0 Å². The van der Waals surface area contributed by atoms with Crippen molar-refractivity contribution >= 4 is 52.6 Å². The second-order valence-corrected chi connectivity index (χ2v) is 9.24. The van der Waals surface area contributed by atoms with E-state index in [2.05, 4.69) is 22.5 Å². The molecule has 1 aliphatic heterocycles. The highest BCUT2D eigenvalue weighted by Crippen LogP contribution is 2.25. The molecule has 0 atom stereocenters. The first-order valence-electron chi connectivity index (χ1n) is 11.6. The van der Waals surface area contributed by atoms with Crippen LogP contribution < -0.4 is 10.6 Å². The van der Waals surface area contributed by atoms with Crippen LogP contribution in [0.5, 0.6) is 0 Å². The molecule has 7 nitrogen and oxygen atoms in total. The molecule has 0 unspecified atom stereocenters. The number of carbonyl (C=O) groups is 3. The van der Waals surface area contributed by atoms with Crippen molar-refractivity contribution < 1.29 is 14.4 Å². The van der Waals surface area contributed by atoms with E-state index in [1.54, 1.807) is 37.4 Å². The normalized spacial score (nSPS) is 11.5. The molecular weight excluding hydrogens is 496 g/mol. The summed E-state index contributed by atoms with van der Waals surface area (Å²) in [4.78, 5) is 42.1. The van der Waals surface area contributed by atoms with Crippen molar-refractivity contribution in [3.63, 3.8) is 0 Å². The minimum Gasteiger partial charge on any atom is -0.372 e. The zero-order chi connectivity index (χ0) is 26.3. The smallest absolute Gasteiger partial charge is 0.265 e. The molecule has 2 heterocycles. The second kappa shape index (κ2) is 15.5. The summed E-state index contributed by atoms with van der Waals surface area (Å²) in [6, 6.07) is 20.0. The maximum atomic E-state index is 12.5. The van der Waals surface area contributed by atoms with Crippen molar-refractivity contribution in [2.45, 2.75) is 20.3 Å². The number of aliphatic imine (C=N–C) groups is 1. The lowest BCUT2D eigenvalue weighted by Gasteiger charge is -2.18. The number of benzene rings is 2. The number of nitrogens with zero attached hydrogens (tertiary/aromatic N) is 2. The molecule has 190 valence electrons. The Labute approximate surface area is 221 Å². The van der Waals surface area contributed by atoms with Crippen LogP contribution in [0, 0.1) is 0 Å². The number of halogens is 1. The van der Waals surface area contributed by atoms with Crippen molar-refractivity contribution in [1.29, 1.82) is 0 Å². The number of amidine groups is 1. The number of thiophene rings is 1. The number of rotatable bonds is 6. The van der Waals surface area contributed by atoms with E-state index in [0.29, 0.717) is 27.7 Å². The van der Waals surface area contributed by atoms with E-state index in [0.717, 1.165) is 30.8 Å². The Kier molecular flexibility index (Phi) is 12.4. The SMILES string of the molecule is CCC1=NCCN1.CCN(C)C(=O)c1c(C=O)cccc1NC(=O)c1ccc(Cl)s1.c1ccccc1. The highest BCUT2D eigenvalue weighted by molar-refractivity contribution is 7.18. The van der Waals surface area contributed by atoms with Gasteiger partial charge in [-0.25, -0.2) is 0 Å². The Balaban J connectivity index is 0.000000282. The number of anilines is 1. The van der Waals surface area contributed by atoms with Crippen molar-refractivity contribution in [2.75, 3.05) is 32.0 Å². The molecule has 2 N–H and O–H groups in total. The molecule has 1 aliphatic rings.